The molecule has 0 radical (unpaired) electrons. The summed E-state index contributed by atoms with van der Waals surface area (Å²) in [4.78, 5) is 27.3. The van der Waals surface area contributed by atoms with Crippen molar-refractivity contribution in [2.24, 2.45) is 10.7 Å². The fourth-order valence-corrected chi connectivity index (χ4v) is 3.35. The third kappa shape index (κ3) is 11.3. The van der Waals surface area contributed by atoms with Crippen LogP contribution >= 0.6 is 24.0 Å². The van der Waals surface area contributed by atoms with Crippen molar-refractivity contribution in [3.8, 4) is 0 Å². The van der Waals surface area contributed by atoms with Crippen molar-refractivity contribution in [2.75, 3.05) is 26.2 Å². The summed E-state index contributed by atoms with van der Waals surface area (Å²) in [6.07, 6.45) is 7.94. The van der Waals surface area contributed by atoms with E-state index >= 15 is 0 Å². The van der Waals surface area contributed by atoms with Gasteiger partial charge in [-0.05, 0) is 37.5 Å². The lowest BCUT2D eigenvalue weighted by Crippen LogP contribution is -2.39. The van der Waals surface area contributed by atoms with Crippen molar-refractivity contribution in [2.45, 2.75) is 58.1 Å². The third-order valence-electron chi connectivity index (χ3n) is 4.95. The minimum absolute atomic E-state index is 0. The predicted octanol–water partition coefficient (Wildman–Crippen LogP) is 2.31. The number of carbonyl (C=O) groups excluding carboxylic acids is 2. The Morgan fingerprint density at radius 3 is 2.35 bits per heavy atom. The van der Waals surface area contributed by atoms with E-state index in [0.717, 1.165) is 18.1 Å². The molecule has 174 valence electrons. The first-order chi connectivity index (χ1) is 14.6. The van der Waals surface area contributed by atoms with E-state index in [9.17, 15) is 9.59 Å². The second kappa shape index (κ2) is 15.9. The highest BCUT2D eigenvalue weighted by atomic mass is 127. The van der Waals surface area contributed by atoms with E-state index in [1.807, 2.05) is 19.1 Å². The van der Waals surface area contributed by atoms with Gasteiger partial charge in [0.05, 0.1) is 25.8 Å². The van der Waals surface area contributed by atoms with Gasteiger partial charge in [-0.15, -0.1) is 24.0 Å². The summed E-state index contributed by atoms with van der Waals surface area (Å²) in [5.41, 5.74) is 6.49. The van der Waals surface area contributed by atoms with Crippen LogP contribution in [0.25, 0.3) is 0 Å². The average Bonchev–Trinajstić information content (AvgIpc) is 3.02. The Bertz CT molecular complexity index is 689. The summed E-state index contributed by atoms with van der Waals surface area (Å²) >= 11 is 0. The number of halogens is 1. The summed E-state index contributed by atoms with van der Waals surface area (Å²) < 4.78 is 6.01. The van der Waals surface area contributed by atoms with Crippen LogP contribution in [0.4, 0.5) is 0 Å². The second-order valence-corrected chi connectivity index (χ2v) is 7.45. The number of rotatable bonds is 10. The Morgan fingerprint density at radius 2 is 1.74 bits per heavy atom. The molecule has 0 aromatic heterocycles. The van der Waals surface area contributed by atoms with E-state index in [1.165, 1.54) is 38.5 Å². The zero-order valence-electron chi connectivity index (χ0n) is 18.3. The molecule has 2 amide bonds. The molecule has 1 aliphatic carbocycles. The summed E-state index contributed by atoms with van der Waals surface area (Å²) in [6, 6.07) is 7.12. The zero-order valence-corrected chi connectivity index (χ0v) is 20.7. The SMILES string of the molecule is CCNC(=NCc1ccc(C(=O)NCC(N)=O)cc1)NCCOC1CCCCCC1.I. The number of aliphatic imine (C=N–C) groups is 1. The van der Waals surface area contributed by atoms with Gasteiger partial charge in [0.15, 0.2) is 5.96 Å². The second-order valence-electron chi connectivity index (χ2n) is 7.45. The highest BCUT2D eigenvalue weighted by Crippen LogP contribution is 2.19. The standard InChI is InChI=1S/C22H35N5O3.HI/c1-2-24-22(25-13-14-30-19-7-5-3-4-6-8-19)27-15-17-9-11-18(12-10-17)21(29)26-16-20(23)28;/h9-12,19H,2-8,13-16H2,1H3,(H2,23,28)(H,26,29)(H2,24,25,27);1H. The fourth-order valence-electron chi connectivity index (χ4n) is 3.35. The van der Waals surface area contributed by atoms with E-state index in [4.69, 9.17) is 10.5 Å². The first kappa shape index (κ1) is 27.2. The van der Waals surface area contributed by atoms with Crippen molar-refractivity contribution in [1.29, 1.82) is 0 Å². The van der Waals surface area contributed by atoms with Crippen LogP contribution < -0.4 is 21.7 Å². The van der Waals surface area contributed by atoms with E-state index in [0.29, 0.717) is 31.4 Å². The molecule has 31 heavy (non-hydrogen) atoms. The number of hydrogen-bond acceptors (Lipinski definition) is 4. The largest absolute Gasteiger partial charge is 0.376 e. The minimum atomic E-state index is -0.572. The van der Waals surface area contributed by atoms with Crippen LogP contribution in [-0.4, -0.2) is 50.1 Å². The number of benzene rings is 1. The molecule has 1 aromatic rings. The number of ether oxygens (including phenoxy) is 1. The molecule has 5 N–H and O–H groups in total. The molecule has 0 spiro atoms. The topological polar surface area (TPSA) is 118 Å². The van der Waals surface area contributed by atoms with Crippen LogP contribution in [0.15, 0.2) is 29.3 Å². The van der Waals surface area contributed by atoms with Gasteiger partial charge in [0, 0.05) is 18.7 Å². The summed E-state index contributed by atoms with van der Waals surface area (Å²) in [5.74, 6) is -0.157. The highest BCUT2D eigenvalue weighted by molar-refractivity contribution is 14.0. The summed E-state index contributed by atoms with van der Waals surface area (Å²) in [5, 5.41) is 9.01. The molecule has 0 unspecified atom stereocenters. The number of nitrogens with one attached hydrogen (secondary N) is 3. The molecular weight excluding hydrogens is 509 g/mol. The average molecular weight is 545 g/mol. The van der Waals surface area contributed by atoms with Gasteiger partial charge in [0.1, 0.15) is 0 Å². The number of nitrogens with zero attached hydrogens (tertiary/aromatic N) is 1. The van der Waals surface area contributed by atoms with Gasteiger partial charge in [-0.3, -0.25) is 9.59 Å². The van der Waals surface area contributed by atoms with Gasteiger partial charge < -0.3 is 26.4 Å². The number of carbonyl (C=O) groups is 2. The van der Waals surface area contributed by atoms with Crippen LogP contribution in [0.1, 0.15) is 61.4 Å². The molecule has 9 heteroatoms. The lowest BCUT2D eigenvalue weighted by atomic mass is 10.1. The van der Waals surface area contributed by atoms with Crippen LogP contribution in [0, 0.1) is 0 Å². The highest BCUT2D eigenvalue weighted by Gasteiger charge is 2.12. The normalized spacial score (nSPS) is 14.8. The maximum absolute atomic E-state index is 11.9. The number of nitrogens with two attached hydrogens (primary N) is 1. The van der Waals surface area contributed by atoms with Crippen molar-refractivity contribution < 1.29 is 14.3 Å². The van der Waals surface area contributed by atoms with Crippen molar-refractivity contribution in [1.82, 2.24) is 16.0 Å². The van der Waals surface area contributed by atoms with Crippen LogP contribution in [0.2, 0.25) is 0 Å². The molecular formula is C22H36IN5O3. The first-order valence-electron chi connectivity index (χ1n) is 10.9. The van der Waals surface area contributed by atoms with Crippen molar-refractivity contribution >= 4 is 41.8 Å². The maximum Gasteiger partial charge on any atom is 0.251 e. The lowest BCUT2D eigenvalue weighted by molar-refractivity contribution is -0.117. The lowest BCUT2D eigenvalue weighted by Gasteiger charge is -2.16. The molecule has 1 saturated carbocycles. The van der Waals surface area contributed by atoms with Gasteiger partial charge in [0.2, 0.25) is 5.91 Å². The third-order valence-corrected chi connectivity index (χ3v) is 4.95. The summed E-state index contributed by atoms with van der Waals surface area (Å²) in [7, 11) is 0. The first-order valence-corrected chi connectivity index (χ1v) is 10.9. The van der Waals surface area contributed by atoms with Gasteiger partial charge >= 0.3 is 0 Å². The Hall–Kier alpha value is -1.88. The molecule has 0 aliphatic heterocycles. The quantitative estimate of drug-likeness (QED) is 0.118. The van der Waals surface area contributed by atoms with E-state index in [1.54, 1.807) is 12.1 Å². The van der Waals surface area contributed by atoms with Crippen molar-refractivity contribution in [3.05, 3.63) is 35.4 Å². The molecule has 1 aromatic carbocycles. The number of hydrogen-bond donors (Lipinski definition) is 4. The Kier molecular flexibility index (Phi) is 13.9. The maximum atomic E-state index is 11.9. The van der Waals surface area contributed by atoms with Gasteiger partial charge in [-0.2, -0.15) is 0 Å². The molecule has 1 fully saturated rings. The van der Waals surface area contributed by atoms with Crippen molar-refractivity contribution in [3.63, 3.8) is 0 Å². The molecule has 0 atom stereocenters. The van der Waals surface area contributed by atoms with Gasteiger partial charge in [-0.25, -0.2) is 4.99 Å². The zero-order chi connectivity index (χ0) is 21.6. The van der Waals surface area contributed by atoms with E-state index < -0.39 is 5.91 Å². The predicted molar refractivity (Wildman–Crippen MR) is 134 cm³/mol. The molecule has 2 rings (SSSR count). The smallest absolute Gasteiger partial charge is 0.251 e. The molecule has 1 aliphatic rings. The van der Waals surface area contributed by atoms with Gasteiger partial charge in [0.25, 0.3) is 5.91 Å². The van der Waals surface area contributed by atoms with Crippen LogP contribution in [0.3, 0.4) is 0 Å². The van der Waals surface area contributed by atoms with Gasteiger partial charge in [-0.1, -0.05) is 37.8 Å². The van der Waals surface area contributed by atoms with Crippen LogP contribution in [-0.2, 0) is 16.1 Å². The monoisotopic (exact) mass is 545 g/mol. The Labute approximate surface area is 202 Å². The Balaban J connectivity index is 0.00000480. The molecule has 0 heterocycles. The molecule has 0 saturated heterocycles. The van der Waals surface area contributed by atoms with E-state index in [-0.39, 0.29) is 36.4 Å². The number of amides is 2. The Morgan fingerprint density at radius 1 is 1.06 bits per heavy atom. The summed E-state index contributed by atoms with van der Waals surface area (Å²) in [6.45, 7) is 4.49. The number of primary amides is 1. The minimum Gasteiger partial charge on any atom is -0.376 e. The van der Waals surface area contributed by atoms with Crippen LogP contribution in [0.5, 0.6) is 0 Å². The number of guanidine groups is 1. The van der Waals surface area contributed by atoms with E-state index in [2.05, 4.69) is 20.9 Å². The molecule has 0 bridgehead atoms. The molecule has 8 nitrogen and oxygen atoms in total. The fraction of sp³-hybridized carbons (Fsp3) is 0.591.